The van der Waals surface area contributed by atoms with Gasteiger partial charge in [-0.1, -0.05) is 25.0 Å². The number of nitrogens with zero attached hydrogens (tertiary/aromatic N) is 3. The molecule has 2 fully saturated rings. The van der Waals surface area contributed by atoms with Gasteiger partial charge in [0.2, 0.25) is 0 Å². The summed E-state index contributed by atoms with van der Waals surface area (Å²) in [7, 11) is 0. The third kappa shape index (κ3) is 3.31. The molecular weight excluding hydrogens is 388 g/mol. The predicted octanol–water partition coefficient (Wildman–Crippen LogP) is 5.79. The molecule has 1 N–H and O–H groups in total. The van der Waals surface area contributed by atoms with Crippen molar-refractivity contribution in [3.05, 3.63) is 83.4 Å². The number of thiocarbonyl (C=S) groups is 1. The van der Waals surface area contributed by atoms with Gasteiger partial charge in [0.05, 0.1) is 11.7 Å². The number of nitrogens with one attached hydrogen (secondary N) is 1. The van der Waals surface area contributed by atoms with E-state index in [1.807, 2.05) is 12.3 Å². The quantitative estimate of drug-likeness (QED) is 0.546. The van der Waals surface area contributed by atoms with Crippen LogP contribution in [-0.2, 0) is 0 Å². The minimum Gasteiger partial charge on any atom is -0.351 e. The number of pyridine rings is 1. The first kappa shape index (κ1) is 19.3. The number of hydrogen-bond acceptors (Lipinski definition) is 2. The highest BCUT2D eigenvalue weighted by Gasteiger charge is 2.42. The van der Waals surface area contributed by atoms with Crippen molar-refractivity contribution >= 4 is 23.0 Å². The van der Waals surface area contributed by atoms with Crippen LogP contribution in [0.1, 0.15) is 66.3 Å². The van der Waals surface area contributed by atoms with E-state index in [9.17, 15) is 0 Å². The number of aryl methyl sites for hydroxylation is 2. The minimum atomic E-state index is 0.00959. The van der Waals surface area contributed by atoms with Crippen molar-refractivity contribution in [1.82, 2.24) is 14.9 Å². The molecule has 1 saturated carbocycles. The summed E-state index contributed by atoms with van der Waals surface area (Å²) in [4.78, 5) is 6.98. The fraction of sp³-hybridized carbons (Fsp3) is 0.360. The molecule has 0 radical (unpaired) electrons. The summed E-state index contributed by atoms with van der Waals surface area (Å²) < 4.78 is 2.50. The normalized spacial score (nSPS) is 21.9. The zero-order valence-electron chi connectivity index (χ0n) is 17.6. The lowest BCUT2D eigenvalue weighted by molar-refractivity contribution is 0.461. The van der Waals surface area contributed by atoms with Gasteiger partial charge in [-0.25, -0.2) is 0 Å². The van der Waals surface area contributed by atoms with Crippen LogP contribution in [0.5, 0.6) is 0 Å². The smallest absolute Gasteiger partial charge is 0.174 e. The van der Waals surface area contributed by atoms with E-state index < -0.39 is 0 Å². The van der Waals surface area contributed by atoms with Crippen LogP contribution < -0.4 is 10.2 Å². The summed E-state index contributed by atoms with van der Waals surface area (Å²) >= 11 is 5.88. The predicted molar refractivity (Wildman–Crippen MR) is 126 cm³/mol. The molecular formula is C25H28N4S. The van der Waals surface area contributed by atoms with Crippen molar-refractivity contribution < 1.29 is 0 Å². The molecule has 0 unspecified atom stereocenters. The number of anilines is 1. The molecule has 154 valence electrons. The van der Waals surface area contributed by atoms with Gasteiger partial charge in [0.1, 0.15) is 6.04 Å². The number of benzene rings is 1. The van der Waals surface area contributed by atoms with Crippen molar-refractivity contribution in [2.75, 3.05) is 4.90 Å². The molecule has 3 aromatic rings. The molecule has 2 aromatic heterocycles. The second-order valence-corrected chi connectivity index (χ2v) is 8.93. The van der Waals surface area contributed by atoms with Gasteiger partial charge in [0.25, 0.3) is 0 Å². The topological polar surface area (TPSA) is 33.1 Å². The number of rotatable bonds is 4. The van der Waals surface area contributed by atoms with Crippen LogP contribution in [0, 0.1) is 13.8 Å². The van der Waals surface area contributed by atoms with Crippen LogP contribution in [-0.4, -0.2) is 14.7 Å². The molecule has 0 bridgehead atoms. The first-order chi connectivity index (χ1) is 14.6. The SMILES string of the molecule is Cc1ccc(N2C(=S)N[C@@H](c3ccccn3)[C@@H]2c2cccn2C2CCCC2)cc1C. The molecule has 1 aliphatic carbocycles. The van der Waals surface area contributed by atoms with Crippen LogP contribution in [0.4, 0.5) is 5.69 Å². The molecule has 30 heavy (non-hydrogen) atoms. The molecule has 4 nitrogen and oxygen atoms in total. The lowest BCUT2D eigenvalue weighted by Gasteiger charge is -2.30. The largest absolute Gasteiger partial charge is 0.351 e. The fourth-order valence-corrected chi connectivity index (χ4v) is 5.33. The Labute approximate surface area is 183 Å². The van der Waals surface area contributed by atoms with Gasteiger partial charge in [-0.3, -0.25) is 4.98 Å². The monoisotopic (exact) mass is 416 g/mol. The molecule has 1 aromatic carbocycles. The van der Waals surface area contributed by atoms with Gasteiger partial charge in [-0.05, 0) is 86.4 Å². The van der Waals surface area contributed by atoms with Crippen molar-refractivity contribution in [2.24, 2.45) is 0 Å². The first-order valence-corrected chi connectivity index (χ1v) is 11.3. The van der Waals surface area contributed by atoms with Crippen LogP contribution in [0.3, 0.4) is 0 Å². The Morgan fingerprint density at radius 1 is 1.00 bits per heavy atom. The lowest BCUT2D eigenvalue weighted by Crippen LogP contribution is -2.30. The van der Waals surface area contributed by atoms with Crippen molar-refractivity contribution in [3.8, 4) is 0 Å². The van der Waals surface area contributed by atoms with Gasteiger partial charge in [-0.2, -0.15) is 0 Å². The second-order valence-electron chi connectivity index (χ2n) is 8.54. The van der Waals surface area contributed by atoms with E-state index in [1.165, 1.54) is 42.5 Å². The van der Waals surface area contributed by atoms with E-state index in [4.69, 9.17) is 12.2 Å². The Morgan fingerprint density at radius 2 is 1.83 bits per heavy atom. The van der Waals surface area contributed by atoms with Crippen LogP contribution in [0.25, 0.3) is 0 Å². The summed E-state index contributed by atoms with van der Waals surface area (Å²) in [5.74, 6) is 0. The summed E-state index contributed by atoms with van der Waals surface area (Å²) in [6.45, 7) is 4.32. The molecule has 1 aliphatic heterocycles. The van der Waals surface area contributed by atoms with E-state index in [0.29, 0.717) is 6.04 Å². The lowest BCUT2D eigenvalue weighted by atomic mass is 9.99. The molecule has 1 saturated heterocycles. The highest BCUT2D eigenvalue weighted by molar-refractivity contribution is 7.80. The van der Waals surface area contributed by atoms with Crippen LogP contribution in [0.15, 0.2) is 60.9 Å². The average Bonchev–Trinajstić information content (AvgIpc) is 3.49. The van der Waals surface area contributed by atoms with Crippen LogP contribution >= 0.6 is 12.2 Å². The fourth-order valence-electron chi connectivity index (χ4n) is 4.98. The minimum absolute atomic E-state index is 0.00959. The number of aromatic nitrogens is 2. The Morgan fingerprint density at radius 3 is 2.57 bits per heavy atom. The van der Waals surface area contributed by atoms with Gasteiger partial charge in [-0.15, -0.1) is 0 Å². The average molecular weight is 417 g/mol. The Kier molecular flexibility index (Phi) is 5.07. The molecule has 5 rings (SSSR count). The molecule has 0 amide bonds. The van der Waals surface area contributed by atoms with E-state index in [-0.39, 0.29) is 12.1 Å². The third-order valence-electron chi connectivity index (χ3n) is 6.70. The van der Waals surface area contributed by atoms with Crippen molar-refractivity contribution in [2.45, 2.75) is 57.7 Å². The summed E-state index contributed by atoms with van der Waals surface area (Å²) in [6, 6.07) is 17.8. The van der Waals surface area contributed by atoms with Crippen molar-refractivity contribution in [1.29, 1.82) is 0 Å². The molecule has 0 spiro atoms. The highest BCUT2D eigenvalue weighted by Crippen LogP contribution is 2.43. The first-order valence-electron chi connectivity index (χ1n) is 10.9. The number of hydrogen-bond donors (Lipinski definition) is 1. The second kappa shape index (κ2) is 7.88. The van der Waals surface area contributed by atoms with E-state index in [1.54, 1.807) is 0 Å². The summed E-state index contributed by atoms with van der Waals surface area (Å²) in [5, 5.41) is 4.35. The Bertz CT molecular complexity index is 1050. The van der Waals surface area contributed by atoms with Gasteiger partial charge in [0.15, 0.2) is 5.11 Å². The Hall–Kier alpha value is -2.66. The highest BCUT2D eigenvalue weighted by atomic mass is 32.1. The van der Waals surface area contributed by atoms with Gasteiger partial charge in [0, 0.05) is 29.8 Å². The zero-order chi connectivity index (χ0) is 20.7. The van der Waals surface area contributed by atoms with Crippen LogP contribution in [0.2, 0.25) is 0 Å². The molecule has 5 heteroatoms. The van der Waals surface area contributed by atoms with Gasteiger partial charge >= 0.3 is 0 Å². The van der Waals surface area contributed by atoms with Gasteiger partial charge < -0.3 is 14.8 Å². The van der Waals surface area contributed by atoms with E-state index in [2.05, 4.69) is 82.3 Å². The maximum atomic E-state index is 5.88. The maximum Gasteiger partial charge on any atom is 0.174 e. The standard InChI is InChI=1S/C25H28N4S/c1-17-12-13-20(16-18(17)2)29-24(22-11-7-15-28(22)19-8-3-4-9-19)23(27-25(29)30)21-10-5-6-14-26-21/h5-7,10-16,19,23-24H,3-4,8-9H2,1-2H3,(H,27,30)/t23-,24-/m0/s1. The summed E-state index contributed by atoms with van der Waals surface area (Å²) in [5.41, 5.74) is 6.04. The zero-order valence-corrected chi connectivity index (χ0v) is 18.4. The maximum absolute atomic E-state index is 5.88. The summed E-state index contributed by atoms with van der Waals surface area (Å²) in [6.07, 6.45) is 9.25. The van der Waals surface area contributed by atoms with E-state index in [0.717, 1.165) is 16.5 Å². The van der Waals surface area contributed by atoms with E-state index >= 15 is 0 Å². The molecule has 2 atom stereocenters. The third-order valence-corrected chi connectivity index (χ3v) is 7.01. The Balaban J connectivity index is 1.63. The van der Waals surface area contributed by atoms with Crippen molar-refractivity contribution in [3.63, 3.8) is 0 Å². The molecule has 3 heterocycles. The molecule has 2 aliphatic rings.